The van der Waals surface area contributed by atoms with Gasteiger partial charge in [0.1, 0.15) is 5.56 Å². The Morgan fingerprint density at radius 1 is 1.29 bits per heavy atom. The van der Waals surface area contributed by atoms with Gasteiger partial charge in [-0.2, -0.15) is 0 Å². The van der Waals surface area contributed by atoms with Crippen molar-refractivity contribution in [3.05, 3.63) is 33.7 Å². The first-order valence-corrected chi connectivity index (χ1v) is 5.75. The van der Waals surface area contributed by atoms with Crippen molar-refractivity contribution < 1.29 is 4.79 Å². The van der Waals surface area contributed by atoms with Crippen LogP contribution in [0, 0.1) is 6.92 Å². The molecule has 1 amide bonds. The third-order valence-electron chi connectivity index (χ3n) is 3.17. The van der Waals surface area contributed by atoms with E-state index in [1.165, 1.54) is 0 Å². The molecule has 1 aromatic rings. The van der Waals surface area contributed by atoms with Crippen LogP contribution in [0.4, 0.5) is 0 Å². The first-order chi connectivity index (χ1) is 8.09. The van der Waals surface area contributed by atoms with Crippen molar-refractivity contribution >= 4 is 5.91 Å². The Morgan fingerprint density at radius 2 is 1.94 bits per heavy atom. The van der Waals surface area contributed by atoms with Crippen LogP contribution in [0.2, 0.25) is 0 Å². The first-order valence-electron chi connectivity index (χ1n) is 5.75. The quantitative estimate of drug-likeness (QED) is 0.749. The summed E-state index contributed by atoms with van der Waals surface area (Å²) >= 11 is 0. The molecule has 0 bridgehead atoms. The molecule has 0 spiro atoms. The van der Waals surface area contributed by atoms with E-state index in [1.807, 2.05) is 7.05 Å². The molecule has 1 fully saturated rings. The number of nitrogens with zero attached hydrogens (tertiary/aromatic N) is 2. The summed E-state index contributed by atoms with van der Waals surface area (Å²) in [5.41, 5.74) is 0.712. The fraction of sp³-hybridized carbons (Fsp3) is 0.500. The maximum atomic E-state index is 12.2. The molecule has 5 heteroatoms. The van der Waals surface area contributed by atoms with Gasteiger partial charge in [-0.1, -0.05) is 0 Å². The number of aromatic nitrogens is 1. The molecule has 92 valence electrons. The van der Waals surface area contributed by atoms with Gasteiger partial charge in [0.2, 0.25) is 0 Å². The smallest absolute Gasteiger partial charge is 0.261 e. The second-order valence-electron chi connectivity index (χ2n) is 4.46. The number of piperazine rings is 1. The zero-order valence-electron chi connectivity index (χ0n) is 10.2. The number of pyridine rings is 1. The predicted molar refractivity (Wildman–Crippen MR) is 65.2 cm³/mol. The van der Waals surface area contributed by atoms with Crippen molar-refractivity contribution in [2.45, 2.75) is 6.92 Å². The lowest BCUT2D eigenvalue weighted by atomic mass is 10.1. The van der Waals surface area contributed by atoms with Crippen LogP contribution in [-0.4, -0.2) is 53.9 Å². The van der Waals surface area contributed by atoms with E-state index in [2.05, 4.69) is 9.88 Å². The molecular formula is C12H17N3O2. The zero-order valence-corrected chi connectivity index (χ0v) is 10.2. The van der Waals surface area contributed by atoms with Gasteiger partial charge in [-0.15, -0.1) is 0 Å². The highest BCUT2D eigenvalue weighted by molar-refractivity contribution is 5.95. The van der Waals surface area contributed by atoms with Crippen LogP contribution in [0.3, 0.4) is 0 Å². The zero-order chi connectivity index (χ0) is 12.4. The molecule has 0 radical (unpaired) electrons. The number of aryl methyl sites for hydroxylation is 1. The summed E-state index contributed by atoms with van der Waals surface area (Å²) < 4.78 is 0. The average molecular weight is 235 g/mol. The first kappa shape index (κ1) is 11.9. The fourth-order valence-corrected chi connectivity index (χ4v) is 2.01. The Morgan fingerprint density at radius 3 is 2.53 bits per heavy atom. The van der Waals surface area contributed by atoms with Gasteiger partial charge in [0.15, 0.2) is 0 Å². The predicted octanol–water partition coefficient (Wildman–Crippen LogP) is 0.0709. The Bertz CT molecular complexity index is 473. The Labute approximate surface area is 100 Å². The lowest BCUT2D eigenvalue weighted by Crippen LogP contribution is -2.48. The number of rotatable bonds is 1. The number of aromatic amines is 1. The monoisotopic (exact) mass is 235 g/mol. The average Bonchev–Trinajstić information content (AvgIpc) is 2.29. The summed E-state index contributed by atoms with van der Waals surface area (Å²) in [7, 11) is 2.03. The molecule has 5 nitrogen and oxygen atoms in total. The molecule has 1 aliphatic rings. The van der Waals surface area contributed by atoms with Gasteiger partial charge in [-0.25, -0.2) is 0 Å². The minimum Gasteiger partial charge on any atom is -0.336 e. The third-order valence-corrected chi connectivity index (χ3v) is 3.17. The van der Waals surface area contributed by atoms with Gasteiger partial charge >= 0.3 is 0 Å². The van der Waals surface area contributed by atoms with Gasteiger partial charge in [-0.3, -0.25) is 9.59 Å². The highest BCUT2D eigenvalue weighted by Crippen LogP contribution is 2.08. The Balaban J connectivity index is 2.23. The van der Waals surface area contributed by atoms with Gasteiger partial charge in [0.25, 0.3) is 11.5 Å². The summed E-state index contributed by atoms with van der Waals surface area (Å²) in [4.78, 5) is 30.4. The summed E-state index contributed by atoms with van der Waals surface area (Å²) in [6.07, 6.45) is 1.57. The standard InChI is InChI=1S/C12H17N3O2/c1-9-3-4-13-11(16)10(9)12(17)15-7-5-14(2)6-8-15/h3-4H,5-8H2,1-2H3,(H,13,16). The number of hydrogen-bond acceptors (Lipinski definition) is 3. The maximum absolute atomic E-state index is 12.2. The number of likely N-dealkylation sites (N-methyl/N-ethyl adjacent to an activating group) is 1. The van der Waals surface area contributed by atoms with Crippen LogP contribution in [0.25, 0.3) is 0 Å². The normalized spacial score (nSPS) is 17.2. The lowest BCUT2D eigenvalue weighted by Gasteiger charge is -2.32. The van der Waals surface area contributed by atoms with Gasteiger partial charge in [0.05, 0.1) is 0 Å². The second kappa shape index (κ2) is 4.71. The van der Waals surface area contributed by atoms with Crippen LogP contribution >= 0.6 is 0 Å². The fourth-order valence-electron chi connectivity index (χ4n) is 2.01. The number of hydrogen-bond donors (Lipinski definition) is 1. The summed E-state index contributed by atoms with van der Waals surface area (Å²) in [6, 6.07) is 1.75. The number of carbonyl (C=O) groups is 1. The van der Waals surface area contributed by atoms with Gasteiger partial charge in [-0.05, 0) is 25.6 Å². The summed E-state index contributed by atoms with van der Waals surface area (Å²) in [5.74, 6) is -0.155. The molecule has 0 atom stereocenters. The molecule has 2 rings (SSSR count). The molecule has 1 aromatic heterocycles. The van der Waals surface area contributed by atoms with Crippen molar-refractivity contribution in [3.8, 4) is 0 Å². The van der Waals surface area contributed by atoms with Crippen LogP contribution < -0.4 is 5.56 Å². The van der Waals surface area contributed by atoms with Crippen molar-refractivity contribution in [2.75, 3.05) is 33.2 Å². The topological polar surface area (TPSA) is 56.4 Å². The van der Waals surface area contributed by atoms with Gasteiger partial charge in [0, 0.05) is 32.4 Å². The van der Waals surface area contributed by atoms with E-state index in [9.17, 15) is 9.59 Å². The highest BCUT2D eigenvalue weighted by Gasteiger charge is 2.23. The minimum absolute atomic E-state index is 0.155. The number of carbonyl (C=O) groups excluding carboxylic acids is 1. The van der Waals surface area contributed by atoms with Crippen molar-refractivity contribution in [2.24, 2.45) is 0 Å². The Kier molecular flexibility index (Phi) is 3.28. The summed E-state index contributed by atoms with van der Waals surface area (Å²) in [6.45, 7) is 4.87. The van der Waals surface area contributed by atoms with Crippen LogP contribution in [0.5, 0.6) is 0 Å². The van der Waals surface area contributed by atoms with Crippen LogP contribution in [0.1, 0.15) is 15.9 Å². The molecular weight excluding hydrogens is 218 g/mol. The van der Waals surface area contributed by atoms with Gasteiger partial charge < -0.3 is 14.8 Å². The number of amides is 1. The van der Waals surface area contributed by atoms with Crippen molar-refractivity contribution in [1.29, 1.82) is 0 Å². The van der Waals surface area contributed by atoms with Crippen LogP contribution in [-0.2, 0) is 0 Å². The molecule has 2 heterocycles. The molecule has 0 unspecified atom stereocenters. The SMILES string of the molecule is Cc1cc[nH]c(=O)c1C(=O)N1CCN(C)CC1. The minimum atomic E-state index is -0.297. The largest absolute Gasteiger partial charge is 0.336 e. The van der Waals surface area contributed by atoms with E-state index < -0.39 is 0 Å². The molecule has 1 saturated heterocycles. The van der Waals surface area contributed by atoms with E-state index in [1.54, 1.807) is 24.1 Å². The van der Waals surface area contributed by atoms with E-state index in [0.29, 0.717) is 13.1 Å². The molecule has 1 aliphatic heterocycles. The van der Waals surface area contributed by atoms with Crippen molar-refractivity contribution in [3.63, 3.8) is 0 Å². The Hall–Kier alpha value is -1.62. The molecule has 0 aliphatic carbocycles. The highest BCUT2D eigenvalue weighted by atomic mass is 16.2. The molecule has 0 saturated carbocycles. The van der Waals surface area contributed by atoms with E-state index >= 15 is 0 Å². The lowest BCUT2D eigenvalue weighted by molar-refractivity contribution is 0.0661. The van der Waals surface area contributed by atoms with Crippen molar-refractivity contribution in [1.82, 2.24) is 14.8 Å². The molecule has 0 aromatic carbocycles. The van der Waals surface area contributed by atoms with E-state index in [-0.39, 0.29) is 17.0 Å². The summed E-state index contributed by atoms with van der Waals surface area (Å²) in [5, 5.41) is 0. The van der Waals surface area contributed by atoms with E-state index in [0.717, 1.165) is 18.7 Å². The maximum Gasteiger partial charge on any atom is 0.261 e. The second-order valence-corrected chi connectivity index (χ2v) is 4.46. The number of H-pyrrole nitrogens is 1. The van der Waals surface area contributed by atoms with E-state index in [4.69, 9.17) is 0 Å². The molecule has 1 N–H and O–H groups in total. The van der Waals surface area contributed by atoms with Crippen LogP contribution in [0.15, 0.2) is 17.1 Å². The number of nitrogens with one attached hydrogen (secondary N) is 1. The third kappa shape index (κ3) is 2.39. The molecule has 17 heavy (non-hydrogen) atoms.